The second kappa shape index (κ2) is 4.26. The Morgan fingerprint density at radius 2 is 2.21 bits per heavy atom. The highest BCUT2D eigenvalue weighted by atomic mass is 35.5. The van der Waals surface area contributed by atoms with Gasteiger partial charge in [-0.05, 0) is 12.0 Å². The smallest absolute Gasteiger partial charge is 0.271 e. The Morgan fingerprint density at radius 3 is 2.71 bits per heavy atom. The lowest BCUT2D eigenvalue weighted by molar-refractivity contribution is -0.384. The molecule has 0 saturated heterocycles. The summed E-state index contributed by atoms with van der Waals surface area (Å²) >= 11 is 5.69. The summed E-state index contributed by atoms with van der Waals surface area (Å²) in [5, 5.41) is 19.3. The van der Waals surface area contributed by atoms with Gasteiger partial charge in [0.1, 0.15) is 0 Å². The van der Waals surface area contributed by atoms with E-state index in [1.165, 1.54) is 12.1 Å². The molecule has 6 heteroatoms. The maximum atomic E-state index is 10.5. The Morgan fingerprint density at radius 1 is 1.57 bits per heavy atom. The zero-order valence-electron chi connectivity index (χ0n) is 7.24. The van der Waals surface area contributed by atoms with E-state index < -0.39 is 4.92 Å². The summed E-state index contributed by atoms with van der Waals surface area (Å²) in [6, 6.07) is 2.51. The molecule has 0 heterocycles. The first-order valence-electron chi connectivity index (χ1n) is 3.89. The van der Waals surface area contributed by atoms with Gasteiger partial charge < -0.3 is 10.8 Å². The van der Waals surface area contributed by atoms with Gasteiger partial charge in [0, 0.05) is 18.7 Å². The van der Waals surface area contributed by atoms with Crippen LogP contribution in [0.15, 0.2) is 12.1 Å². The first kappa shape index (κ1) is 10.7. The van der Waals surface area contributed by atoms with Crippen LogP contribution in [-0.4, -0.2) is 16.6 Å². The SMILES string of the molecule is Nc1c(Cl)cc([N+](=O)[O-])cc1CCO. The number of nitro benzene ring substituents is 1. The van der Waals surface area contributed by atoms with Gasteiger partial charge in [-0.1, -0.05) is 11.6 Å². The van der Waals surface area contributed by atoms with Crippen molar-refractivity contribution in [2.24, 2.45) is 0 Å². The van der Waals surface area contributed by atoms with Crippen LogP contribution >= 0.6 is 11.6 Å². The molecule has 5 nitrogen and oxygen atoms in total. The highest BCUT2D eigenvalue weighted by molar-refractivity contribution is 6.33. The van der Waals surface area contributed by atoms with Gasteiger partial charge in [-0.15, -0.1) is 0 Å². The molecule has 0 radical (unpaired) electrons. The molecule has 76 valence electrons. The van der Waals surface area contributed by atoms with Gasteiger partial charge in [-0.2, -0.15) is 0 Å². The average molecular weight is 217 g/mol. The molecule has 0 spiro atoms. The lowest BCUT2D eigenvalue weighted by Gasteiger charge is -2.05. The Hall–Kier alpha value is -1.33. The fraction of sp³-hybridized carbons (Fsp3) is 0.250. The van der Waals surface area contributed by atoms with Gasteiger partial charge in [0.05, 0.1) is 15.6 Å². The van der Waals surface area contributed by atoms with Crippen molar-refractivity contribution in [3.63, 3.8) is 0 Å². The maximum Gasteiger partial charge on any atom is 0.271 e. The quantitative estimate of drug-likeness (QED) is 0.454. The van der Waals surface area contributed by atoms with E-state index >= 15 is 0 Å². The zero-order valence-corrected chi connectivity index (χ0v) is 7.99. The van der Waals surface area contributed by atoms with Gasteiger partial charge in [0.25, 0.3) is 5.69 Å². The summed E-state index contributed by atoms with van der Waals surface area (Å²) in [6.45, 7) is -0.123. The molecule has 0 atom stereocenters. The Balaban J connectivity index is 3.20. The molecule has 0 aliphatic carbocycles. The third-order valence-corrected chi connectivity index (χ3v) is 2.10. The number of aliphatic hydroxyl groups excluding tert-OH is 1. The monoisotopic (exact) mass is 216 g/mol. The summed E-state index contributed by atoms with van der Waals surface area (Å²) in [6.07, 6.45) is 0.257. The van der Waals surface area contributed by atoms with Crippen LogP contribution in [0.1, 0.15) is 5.56 Å². The van der Waals surface area contributed by atoms with E-state index in [4.69, 9.17) is 22.4 Å². The number of hydrogen-bond donors (Lipinski definition) is 2. The summed E-state index contributed by atoms with van der Waals surface area (Å²) < 4.78 is 0. The van der Waals surface area contributed by atoms with Crippen molar-refractivity contribution < 1.29 is 10.0 Å². The lowest BCUT2D eigenvalue weighted by atomic mass is 10.1. The fourth-order valence-electron chi connectivity index (χ4n) is 1.09. The van der Waals surface area contributed by atoms with Crippen LogP contribution in [0.4, 0.5) is 11.4 Å². The molecule has 0 aliphatic heterocycles. The van der Waals surface area contributed by atoms with Gasteiger partial charge in [0.15, 0.2) is 0 Å². The number of halogens is 1. The van der Waals surface area contributed by atoms with Crippen LogP contribution in [0.3, 0.4) is 0 Å². The standard InChI is InChI=1S/C8H9ClN2O3/c9-7-4-6(11(13)14)3-5(1-2-12)8(7)10/h3-4,12H,1-2,10H2. The van der Waals surface area contributed by atoms with Crippen molar-refractivity contribution in [1.29, 1.82) is 0 Å². The van der Waals surface area contributed by atoms with E-state index in [-0.39, 0.29) is 29.4 Å². The second-order valence-corrected chi connectivity index (χ2v) is 3.14. The van der Waals surface area contributed by atoms with Crippen molar-refractivity contribution in [2.75, 3.05) is 12.3 Å². The third kappa shape index (κ3) is 2.12. The fourth-order valence-corrected chi connectivity index (χ4v) is 1.32. The summed E-state index contributed by atoms with van der Waals surface area (Å²) in [5.74, 6) is 0. The molecule has 0 unspecified atom stereocenters. The Kier molecular flexibility index (Phi) is 3.27. The molecule has 0 saturated carbocycles. The van der Waals surface area contributed by atoms with Crippen molar-refractivity contribution >= 4 is 23.0 Å². The molecule has 1 rings (SSSR count). The first-order valence-corrected chi connectivity index (χ1v) is 4.27. The number of nitrogen functional groups attached to an aromatic ring is 1. The molecule has 14 heavy (non-hydrogen) atoms. The number of nitro groups is 1. The van der Waals surface area contributed by atoms with E-state index in [1.54, 1.807) is 0 Å². The third-order valence-electron chi connectivity index (χ3n) is 1.79. The summed E-state index contributed by atoms with van der Waals surface area (Å²) in [4.78, 5) is 9.92. The van der Waals surface area contributed by atoms with E-state index in [2.05, 4.69) is 0 Å². The van der Waals surface area contributed by atoms with Crippen molar-refractivity contribution in [3.05, 3.63) is 32.8 Å². The largest absolute Gasteiger partial charge is 0.397 e. The first-order chi connectivity index (χ1) is 6.56. The highest BCUT2D eigenvalue weighted by Crippen LogP contribution is 2.28. The van der Waals surface area contributed by atoms with E-state index in [0.29, 0.717) is 5.56 Å². The molecular formula is C8H9ClN2O3. The number of nitrogens with two attached hydrogens (primary N) is 1. The van der Waals surface area contributed by atoms with Crippen LogP contribution < -0.4 is 5.73 Å². The van der Waals surface area contributed by atoms with Crippen LogP contribution in [0, 0.1) is 10.1 Å². The Labute approximate surface area is 85.3 Å². The van der Waals surface area contributed by atoms with E-state index in [9.17, 15) is 10.1 Å². The normalized spacial score (nSPS) is 10.1. The number of benzene rings is 1. The van der Waals surface area contributed by atoms with Crippen molar-refractivity contribution in [1.82, 2.24) is 0 Å². The minimum Gasteiger partial charge on any atom is -0.397 e. The molecule has 0 aliphatic rings. The molecule has 1 aromatic carbocycles. The molecule has 0 fully saturated rings. The second-order valence-electron chi connectivity index (χ2n) is 2.73. The predicted molar refractivity (Wildman–Crippen MR) is 53.3 cm³/mol. The summed E-state index contributed by atoms with van der Waals surface area (Å²) in [5.41, 5.74) is 6.23. The molecule has 0 amide bonds. The van der Waals surface area contributed by atoms with Crippen molar-refractivity contribution in [3.8, 4) is 0 Å². The molecule has 3 N–H and O–H groups in total. The molecular weight excluding hydrogens is 208 g/mol. The van der Waals surface area contributed by atoms with E-state index in [0.717, 1.165) is 0 Å². The summed E-state index contributed by atoms with van der Waals surface area (Å²) in [7, 11) is 0. The number of rotatable bonds is 3. The number of non-ortho nitro benzene ring substituents is 1. The lowest BCUT2D eigenvalue weighted by Crippen LogP contribution is -2.00. The molecule has 0 bridgehead atoms. The number of hydrogen-bond acceptors (Lipinski definition) is 4. The Bertz CT molecular complexity index is 368. The zero-order chi connectivity index (χ0) is 10.7. The highest BCUT2D eigenvalue weighted by Gasteiger charge is 2.12. The van der Waals surface area contributed by atoms with Crippen LogP contribution in [0.5, 0.6) is 0 Å². The number of aliphatic hydroxyl groups is 1. The topological polar surface area (TPSA) is 89.4 Å². The van der Waals surface area contributed by atoms with Crippen LogP contribution in [-0.2, 0) is 6.42 Å². The maximum absolute atomic E-state index is 10.5. The minimum absolute atomic E-state index is 0.118. The molecule has 0 aromatic heterocycles. The predicted octanol–water partition coefficient (Wildman–Crippen LogP) is 1.37. The van der Waals surface area contributed by atoms with Gasteiger partial charge in [0.2, 0.25) is 0 Å². The molecule has 1 aromatic rings. The van der Waals surface area contributed by atoms with Gasteiger partial charge in [-0.3, -0.25) is 10.1 Å². The van der Waals surface area contributed by atoms with Crippen LogP contribution in [0.25, 0.3) is 0 Å². The number of nitrogens with zero attached hydrogens (tertiary/aromatic N) is 1. The van der Waals surface area contributed by atoms with E-state index in [1.807, 2.05) is 0 Å². The minimum atomic E-state index is -0.549. The van der Waals surface area contributed by atoms with Gasteiger partial charge >= 0.3 is 0 Å². The number of anilines is 1. The van der Waals surface area contributed by atoms with Crippen LogP contribution in [0.2, 0.25) is 5.02 Å². The average Bonchev–Trinajstić information content (AvgIpc) is 2.12. The van der Waals surface area contributed by atoms with Gasteiger partial charge in [-0.25, -0.2) is 0 Å². The van der Waals surface area contributed by atoms with Crippen molar-refractivity contribution in [2.45, 2.75) is 6.42 Å².